The number of para-hydroxylation sites is 2. The molecule has 0 amide bonds. The highest BCUT2D eigenvalue weighted by atomic mass is 79.9. The first-order valence-electron chi connectivity index (χ1n) is 8.81. The number of hydrogen-bond acceptors (Lipinski definition) is 2. The topological polar surface area (TPSA) is 13.1 Å². The Morgan fingerprint density at radius 3 is 2.48 bits per heavy atom. The summed E-state index contributed by atoms with van der Waals surface area (Å²) >= 11 is 5.52. The second-order valence-corrected chi connectivity index (χ2v) is 8.62. The lowest BCUT2D eigenvalue weighted by molar-refractivity contribution is 0.670. The maximum absolute atomic E-state index is 6.23. The first-order chi connectivity index (χ1) is 13.3. The van der Waals surface area contributed by atoms with E-state index in [-0.39, 0.29) is 0 Å². The van der Waals surface area contributed by atoms with E-state index in [0.29, 0.717) is 0 Å². The molecule has 6 rings (SSSR count). The average Bonchev–Trinajstić information content (AvgIpc) is 3.27. The molecule has 4 aromatic carbocycles. The molecule has 27 heavy (non-hydrogen) atoms. The molecule has 0 bridgehead atoms. The summed E-state index contributed by atoms with van der Waals surface area (Å²) in [6.07, 6.45) is 0. The molecule has 0 aliphatic heterocycles. The maximum atomic E-state index is 6.23. The molecule has 0 aliphatic carbocycles. The third-order valence-corrected chi connectivity index (χ3v) is 7.31. The van der Waals surface area contributed by atoms with Crippen LogP contribution in [-0.4, -0.2) is 0 Å². The van der Waals surface area contributed by atoms with Crippen LogP contribution in [0.3, 0.4) is 0 Å². The Morgan fingerprint density at radius 2 is 1.52 bits per heavy atom. The van der Waals surface area contributed by atoms with E-state index in [9.17, 15) is 0 Å². The maximum Gasteiger partial charge on any atom is 0.143 e. The monoisotopic (exact) mass is 428 g/mol. The van der Waals surface area contributed by atoms with Gasteiger partial charge in [-0.25, -0.2) is 0 Å². The minimum absolute atomic E-state index is 0.936. The lowest BCUT2D eigenvalue weighted by atomic mass is 10.0. The van der Waals surface area contributed by atoms with Gasteiger partial charge in [0.25, 0.3) is 0 Å². The van der Waals surface area contributed by atoms with Gasteiger partial charge in [0, 0.05) is 41.0 Å². The molecular weight excluding hydrogens is 416 g/mol. The number of thiophene rings is 1. The third-order valence-electron chi connectivity index (χ3n) is 5.16. The van der Waals surface area contributed by atoms with Gasteiger partial charge in [-0.1, -0.05) is 54.6 Å². The molecule has 1 nitrogen and oxygen atoms in total. The molecule has 3 heteroatoms. The summed E-state index contributed by atoms with van der Waals surface area (Å²) in [6.45, 7) is 0. The quantitative estimate of drug-likeness (QED) is 0.256. The minimum atomic E-state index is 0.936. The number of halogens is 1. The largest absolute Gasteiger partial charge is 0.455 e. The number of rotatable bonds is 1. The van der Waals surface area contributed by atoms with E-state index in [1.165, 1.54) is 36.5 Å². The van der Waals surface area contributed by atoms with Gasteiger partial charge >= 0.3 is 0 Å². The molecule has 0 unspecified atom stereocenters. The lowest BCUT2D eigenvalue weighted by Gasteiger charge is -2.03. The summed E-state index contributed by atoms with van der Waals surface area (Å²) in [5.74, 6) is 0. The highest BCUT2D eigenvalue weighted by Crippen LogP contribution is 2.41. The normalized spacial score (nSPS) is 11.9. The summed E-state index contributed by atoms with van der Waals surface area (Å²) in [7, 11) is 0. The molecule has 128 valence electrons. The van der Waals surface area contributed by atoms with Crippen LogP contribution < -0.4 is 0 Å². The zero-order chi connectivity index (χ0) is 18.0. The fraction of sp³-hybridized carbons (Fsp3) is 0. The van der Waals surface area contributed by atoms with E-state index in [1.54, 1.807) is 0 Å². The van der Waals surface area contributed by atoms with Crippen molar-refractivity contribution in [3.8, 4) is 11.1 Å². The second kappa shape index (κ2) is 5.69. The van der Waals surface area contributed by atoms with Gasteiger partial charge in [-0.05, 0) is 45.8 Å². The molecule has 0 N–H and O–H groups in total. The van der Waals surface area contributed by atoms with Crippen molar-refractivity contribution in [2.24, 2.45) is 0 Å². The first-order valence-corrected chi connectivity index (χ1v) is 10.4. The molecule has 2 aromatic heterocycles. The van der Waals surface area contributed by atoms with Crippen LogP contribution in [0.15, 0.2) is 87.8 Å². The minimum Gasteiger partial charge on any atom is -0.455 e. The zero-order valence-electron chi connectivity index (χ0n) is 14.2. The van der Waals surface area contributed by atoms with E-state index >= 15 is 0 Å². The molecule has 0 radical (unpaired) electrons. The van der Waals surface area contributed by atoms with Gasteiger partial charge in [-0.2, -0.15) is 0 Å². The Balaban J connectivity index is 1.68. The van der Waals surface area contributed by atoms with Crippen molar-refractivity contribution in [2.45, 2.75) is 0 Å². The standard InChI is InChI=1S/C24H13BrOS/c25-20-9-4-8-18-19-13-14(11-12-22(19)27-24(18)20)15-6-3-7-17-16-5-1-2-10-21(16)26-23(15)17/h1-13H. The Labute approximate surface area is 168 Å². The van der Waals surface area contributed by atoms with Crippen molar-refractivity contribution in [3.63, 3.8) is 0 Å². The van der Waals surface area contributed by atoms with Gasteiger partial charge in [0.1, 0.15) is 11.2 Å². The molecule has 0 saturated carbocycles. The van der Waals surface area contributed by atoms with Crippen LogP contribution in [0.2, 0.25) is 0 Å². The molecule has 0 aliphatic rings. The average molecular weight is 429 g/mol. The number of furan rings is 1. The molecule has 6 aromatic rings. The summed E-state index contributed by atoms with van der Waals surface area (Å²) in [5.41, 5.74) is 4.22. The van der Waals surface area contributed by atoms with Gasteiger partial charge in [0.15, 0.2) is 0 Å². The van der Waals surface area contributed by atoms with Crippen LogP contribution in [-0.2, 0) is 0 Å². The Morgan fingerprint density at radius 1 is 0.704 bits per heavy atom. The predicted molar refractivity (Wildman–Crippen MR) is 120 cm³/mol. The molecule has 2 heterocycles. The van der Waals surface area contributed by atoms with Crippen molar-refractivity contribution in [1.82, 2.24) is 0 Å². The SMILES string of the molecule is Brc1cccc2c1sc1ccc(-c3cccc4c3oc3ccccc34)cc12. The molecule has 0 fully saturated rings. The second-order valence-electron chi connectivity index (χ2n) is 6.71. The van der Waals surface area contributed by atoms with Crippen LogP contribution in [0.1, 0.15) is 0 Å². The van der Waals surface area contributed by atoms with Gasteiger partial charge < -0.3 is 4.42 Å². The van der Waals surface area contributed by atoms with Gasteiger partial charge in [-0.15, -0.1) is 11.3 Å². The molecule has 0 atom stereocenters. The third kappa shape index (κ3) is 2.22. The van der Waals surface area contributed by atoms with Crippen molar-refractivity contribution < 1.29 is 4.42 Å². The van der Waals surface area contributed by atoms with Gasteiger partial charge in [0.2, 0.25) is 0 Å². The van der Waals surface area contributed by atoms with Crippen LogP contribution in [0, 0.1) is 0 Å². The molecule has 0 spiro atoms. The predicted octanol–water partition coefficient (Wildman–Crippen LogP) is 8.38. The lowest BCUT2D eigenvalue weighted by Crippen LogP contribution is -1.79. The van der Waals surface area contributed by atoms with Crippen molar-refractivity contribution >= 4 is 69.4 Å². The smallest absolute Gasteiger partial charge is 0.143 e. The number of benzene rings is 4. The van der Waals surface area contributed by atoms with Gasteiger partial charge in [0.05, 0.1) is 0 Å². The molecular formula is C24H13BrOS. The zero-order valence-corrected chi connectivity index (χ0v) is 16.6. The van der Waals surface area contributed by atoms with Crippen molar-refractivity contribution in [2.75, 3.05) is 0 Å². The molecule has 0 saturated heterocycles. The first kappa shape index (κ1) is 15.4. The van der Waals surface area contributed by atoms with E-state index < -0.39 is 0 Å². The van der Waals surface area contributed by atoms with Crippen LogP contribution in [0.4, 0.5) is 0 Å². The van der Waals surface area contributed by atoms with Crippen LogP contribution >= 0.6 is 27.3 Å². The van der Waals surface area contributed by atoms with Crippen molar-refractivity contribution in [3.05, 3.63) is 83.3 Å². The van der Waals surface area contributed by atoms with E-state index in [4.69, 9.17) is 4.42 Å². The Bertz CT molecular complexity index is 1490. The van der Waals surface area contributed by atoms with E-state index in [2.05, 4.69) is 82.7 Å². The highest BCUT2D eigenvalue weighted by molar-refractivity contribution is 9.10. The Kier molecular flexibility index (Phi) is 3.25. The van der Waals surface area contributed by atoms with E-state index in [1.807, 2.05) is 23.5 Å². The summed E-state index contributed by atoms with van der Waals surface area (Å²) in [6, 6.07) is 27.8. The van der Waals surface area contributed by atoms with Crippen molar-refractivity contribution in [1.29, 1.82) is 0 Å². The van der Waals surface area contributed by atoms with Gasteiger partial charge in [-0.3, -0.25) is 0 Å². The fourth-order valence-electron chi connectivity index (χ4n) is 3.91. The Hall–Kier alpha value is -2.62. The highest BCUT2D eigenvalue weighted by Gasteiger charge is 2.13. The van der Waals surface area contributed by atoms with Crippen LogP contribution in [0.25, 0.3) is 53.2 Å². The van der Waals surface area contributed by atoms with Crippen LogP contribution in [0.5, 0.6) is 0 Å². The summed E-state index contributed by atoms with van der Waals surface area (Å²) in [4.78, 5) is 0. The van der Waals surface area contributed by atoms with E-state index in [0.717, 1.165) is 21.2 Å². The summed E-state index contributed by atoms with van der Waals surface area (Å²) in [5, 5.41) is 4.92. The number of fused-ring (bicyclic) bond motifs is 6. The fourth-order valence-corrected chi connectivity index (χ4v) is 5.60. The summed E-state index contributed by atoms with van der Waals surface area (Å²) < 4.78 is 9.99. The number of hydrogen-bond donors (Lipinski definition) is 0.